The number of carbonyl (C=O) groups is 4. The third-order valence-electron chi connectivity index (χ3n) is 8.58. The van der Waals surface area contributed by atoms with Gasteiger partial charge < -0.3 is 25.3 Å². The SMILES string of the molecule is COC(=O)/C=C/CC[C@H](NC(=O)c1cc(Cl)sc1Cl)C(=O)Nc1cccn(CC(=O)NC2C3CC4CC(C3)C2C4)c1=O. The number of pyridine rings is 1. The van der Waals surface area contributed by atoms with E-state index < -0.39 is 29.4 Å². The van der Waals surface area contributed by atoms with Crippen molar-refractivity contribution in [2.75, 3.05) is 12.4 Å². The molecule has 4 fully saturated rings. The molecule has 6 atom stereocenters. The molecule has 3 N–H and O–H groups in total. The third-order valence-corrected chi connectivity index (χ3v) is 10.1. The highest BCUT2D eigenvalue weighted by Gasteiger charge is 2.54. The normalized spacial score (nSPS) is 24.5. The van der Waals surface area contributed by atoms with Crippen LogP contribution in [0.4, 0.5) is 5.69 Å². The molecule has 0 radical (unpaired) electrons. The first-order valence-electron chi connectivity index (χ1n) is 13.9. The number of anilines is 1. The molecular formula is C29H32Cl2N4O6S. The van der Waals surface area contributed by atoms with Crippen molar-refractivity contribution >= 4 is 63.9 Å². The Bertz CT molecular complexity index is 1470. The number of allylic oxidation sites excluding steroid dienone is 1. The average Bonchev–Trinajstić information content (AvgIpc) is 3.53. The molecule has 4 saturated carbocycles. The van der Waals surface area contributed by atoms with Gasteiger partial charge in [0, 0.05) is 18.3 Å². The number of carbonyl (C=O) groups excluding carboxylic acids is 4. The van der Waals surface area contributed by atoms with Crippen molar-refractivity contribution in [3.05, 3.63) is 61.1 Å². The smallest absolute Gasteiger partial charge is 0.330 e. The van der Waals surface area contributed by atoms with Crippen molar-refractivity contribution in [2.45, 2.75) is 57.2 Å². The van der Waals surface area contributed by atoms with E-state index in [1.807, 2.05) is 0 Å². The first-order valence-corrected chi connectivity index (χ1v) is 15.5. The Balaban J connectivity index is 1.24. The summed E-state index contributed by atoms with van der Waals surface area (Å²) < 4.78 is 6.31. The molecule has 0 saturated heterocycles. The Morgan fingerprint density at radius 2 is 1.95 bits per heavy atom. The van der Waals surface area contributed by atoms with E-state index in [1.54, 1.807) is 6.07 Å². The average molecular weight is 636 g/mol. The molecule has 4 bridgehead atoms. The van der Waals surface area contributed by atoms with Gasteiger partial charge in [-0.2, -0.15) is 0 Å². The first kappa shape index (κ1) is 30.3. The van der Waals surface area contributed by atoms with Crippen molar-refractivity contribution in [1.29, 1.82) is 0 Å². The number of halogens is 2. The highest BCUT2D eigenvalue weighted by atomic mass is 35.5. The number of hydrogen-bond acceptors (Lipinski definition) is 7. The molecule has 10 nitrogen and oxygen atoms in total. The zero-order chi connectivity index (χ0) is 30.0. The van der Waals surface area contributed by atoms with Gasteiger partial charge in [-0.1, -0.05) is 29.3 Å². The lowest BCUT2D eigenvalue weighted by molar-refractivity contribution is -0.134. The first-order chi connectivity index (χ1) is 20.1. The molecule has 5 unspecified atom stereocenters. The van der Waals surface area contributed by atoms with Crippen LogP contribution >= 0.6 is 34.5 Å². The highest BCUT2D eigenvalue weighted by molar-refractivity contribution is 7.20. The van der Waals surface area contributed by atoms with E-state index >= 15 is 0 Å². The van der Waals surface area contributed by atoms with Gasteiger partial charge in [0.25, 0.3) is 11.5 Å². The molecule has 4 aliphatic rings. The summed E-state index contributed by atoms with van der Waals surface area (Å²) in [6, 6.07) is 3.50. The number of methoxy groups -OCH3 is 1. The fraction of sp³-hybridized carbons (Fsp3) is 0.483. The molecule has 6 rings (SSSR count). The van der Waals surface area contributed by atoms with E-state index in [4.69, 9.17) is 23.2 Å². The summed E-state index contributed by atoms with van der Waals surface area (Å²) in [5, 5.41) is 8.40. The molecule has 2 aromatic rings. The van der Waals surface area contributed by atoms with Crippen LogP contribution in [0.5, 0.6) is 0 Å². The van der Waals surface area contributed by atoms with Gasteiger partial charge in [-0.25, -0.2) is 4.79 Å². The Labute approximate surface area is 256 Å². The van der Waals surface area contributed by atoms with Gasteiger partial charge >= 0.3 is 5.97 Å². The lowest BCUT2D eigenvalue weighted by Gasteiger charge is -2.32. The maximum Gasteiger partial charge on any atom is 0.330 e. The van der Waals surface area contributed by atoms with Crippen LogP contribution in [-0.4, -0.2) is 47.5 Å². The van der Waals surface area contributed by atoms with Gasteiger partial charge in [-0.3, -0.25) is 19.2 Å². The van der Waals surface area contributed by atoms with E-state index in [9.17, 15) is 24.0 Å². The zero-order valence-corrected chi connectivity index (χ0v) is 25.3. The van der Waals surface area contributed by atoms with Gasteiger partial charge in [0.2, 0.25) is 11.8 Å². The van der Waals surface area contributed by atoms with Gasteiger partial charge in [-0.05, 0) is 80.4 Å². The molecule has 42 heavy (non-hydrogen) atoms. The van der Waals surface area contributed by atoms with Crippen molar-refractivity contribution < 1.29 is 23.9 Å². The lowest BCUT2D eigenvalue weighted by atomic mass is 9.79. The molecule has 2 heterocycles. The van der Waals surface area contributed by atoms with E-state index in [-0.39, 0.29) is 46.9 Å². The molecule has 2 aromatic heterocycles. The van der Waals surface area contributed by atoms with Crippen LogP contribution in [0.1, 0.15) is 48.9 Å². The second-order valence-electron chi connectivity index (χ2n) is 11.2. The molecule has 0 aromatic carbocycles. The topological polar surface area (TPSA) is 136 Å². The summed E-state index contributed by atoms with van der Waals surface area (Å²) in [6.45, 7) is -0.164. The standard InChI is InChI=1S/C29H32Cl2N4O6S/c1-41-24(37)7-3-2-5-20(32-27(38)19-13-22(30)42-26(19)31)28(39)33-21-6-4-8-35(29(21)40)14-23(36)34-25-17-10-15-9-16(12-17)18(25)11-15/h3-4,6-8,13,15-18,20,25H,2,5,9-12,14H2,1H3,(H,32,38)(H,33,39)(H,34,36)/b7-3+/t15?,16?,17?,18?,20-,25?/m0/s1. The maximum absolute atomic E-state index is 13.3. The number of ether oxygens (including phenoxy) is 1. The van der Waals surface area contributed by atoms with Crippen molar-refractivity contribution in [2.24, 2.45) is 23.7 Å². The number of nitrogens with one attached hydrogen (secondary N) is 3. The monoisotopic (exact) mass is 634 g/mol. The molecule has 224 valence electrons. The van der Waals surface area contributed by atoms with E-state index in [2.05, 4.69) is 20.7 Å². The summed E-state index contributed by atoms with van der Waals surface area (Å²) in [5.41, 5.74) is -0.459. The van der Waals surface area contributed by atoms with Crippen LogP contribution in [0, 0.1) is 23.7 Å². The zero-order valence-electron chi connectivity index (χ0n) is 22.9. The lowest BCUT2D eigenvalue weighted by Crippen LogP contribution is -2.46. The number of nitrogens with zero attached hydrogens (tertiary/aromatic N) is 1. The van der Waals surface area contributed by atoms with Crippen LogP contribution in [0.15, 0.2) is 41.3 Å². The summed E-state index contributed by atoms with van der Waals surface area (Å²) in [7, 11) is 1.25. The number of amides is 3. The van der Waals surface area contributed by atoms with Gasteiger partial charge in [0.15, 0.2) is 0 Å². The van der Waals surface area contributed by atoms with Crippen molar-refractivity contribution in [3.63, 3.8) is 0 Å². The Hall–Kier alpha value is -3.15. The van der Waals surface area contributed by atoms with Crippen molar-refractivity contribution in [1.82, 2.24) is 15.2 Å². The number of esters is 1. The molecule has 13 heteroatoms. The Morgan fingerprint density at radius 1 is 1.17 bits per heavy atom. The second kappa shape index (κ2) is 13.0. The summed E-state index contributed by atoms with van der Waals surface area (Å²) in [6.07, 6.45) is 9.38. The number of aromatic nitrogens is 1. The van der Waals surface area contributed by atoms with Gasteiger partial charge in [-0.15, -0.1) is 11.3 Å². The van der Waals surface area contributed by atoms with Crippen LogP contribution in [0.2, 0.25) is 8.67 Å². The third kappa shape index (κ3) is 6.74. The van der Waals surface area contributed by atoms with Crippen molar-refractivity contribution in [3.8, 4) is 0 Å². The second-order valence-corrected chi connectivity index (χ2v) is 13.5. The summed E-state index contributed by atoms with van der Waals surface area (Å²) >= 11 is 13.1. The van der Waals surface area contributed by atoms with Gasteiger partial charge in [0.1, 0.15) is 22.6 Å². The van der Waals surface area contributed by atoms with Gasteiger partial charge in [0.05, 0.1) is 17.0 Å². The minimum atomic E-state index is -1.08. The number of hydrogen-bond donors (Lipinski definition) is 3. The molecule has 0 aliphatic heterocycles. The van der Waals surface area contributed by atoms with Crippen LogP contribution in [0.25, 0.3) is 0 Å². The molecule has 4 aliphatic carbocycles. The maximum atomic E-state index is 13.3. The fourth-order valence-electron chi connectivity index (χ4n) is 6.83. The molecule has 3 amide bonds. The van der Waals surface area contributed by atoms with Crippen LogP contribution in [-0.2, 0) is 25.7 Å². The number of rotatable bonds is 11. The van der Waals surface area contributed by atoms with Crippen LogP contribution in [0.3, 0.4) is 0 Å². The Morgan fingerprint density at radius 3 is 2.67 bits per heavy atom. The largest absolute Gasteiger partial charge is 0.466 e. The fourth-order valence-corrected chi connectivity index (χ4v) is 8.29. The van der Waals surface area contributed by atoms with E-state index in [0.717, 1.165) is 17.3 Å². The van der Waals surface area contributed by atoms with E-state index in [1.165, 1.54) is 67.8 Å². The highest BCUT2D eigenvalue weighted by Crippen LogP contribution is 2.58. The molecule has 0 spiro atoms. The number of thiophene rings is 1. The predicted octanol–water partition coefficient (Wildman–Crippen LogP) is 4.01. The Kier molecular flexibility index (Phi) is 9.39. The molecular weight excluding hydrogens is 603 g/mol. The predicted molar refractivity (Wildman–Crippen MR) is 160 cm³/mol. The van der Waals surface area contributed by atoms with Crippen LogP contribution < -0.4 is 21.5 Å². The minimum absolute atomic E-state index is 0.0326. The van der Waals surface area contributed by atoms with E-state index in [0.29, 0.717) is 22.1 Å². The minimum Gasteiger partial charge on any atom is -0.466 e. The quantitative estimate of drug-likeness (QED) is 0.252. The summed E-state index contributed by atoms with van der Waals surface area (Å²) in [4.78, 5) is 63.7. The summed E-state index contributed by atoms with van der Waals surface area (Å²) in [5.74, 6) is 0.519.